The van der Waals surface area contributed by atoms with Gasteiger partial charge in [0, 0.05) is 18.8 Å². The molecule has 2 saturated heterocycles. The van der Waals surface area contributed by atoms with Crippen LogP contribution < -0.4 is 5.32 Å². The first kappa shape index (κ1) is 21.7. The third-order valence-electron chi connectivity index (χ3n) is 6.38. The van der Waals surface area contributed by atoms with Crippen LogP contribution in [0.1, 0.15) is 39.0 Å². The smallest absolute Gasteiger partial charge is 0.247 e. The highest BCUT2D eigenvalue weighted by Crippen LogP contribution is 2.36. The number of hydrogen-bond donors (Lipinski definition) is 1. The number of nitrogens with one attached hydrogen (secondary N) is 1. The molecule has 9 heteroatoms. The van der Waals surface area contributed by atoms with E-state index in [0.29, 0.717) is 31.6 Å². The number of nitrogens with zero attached hydrogens (tertiary/aromatic N) is 2. The Hall–Kier alpha value is -2.52. The molecule has 31 heavy (non-hydrogen) atoms. The van der Waals surface area contributed by atoms with Crippen LogP contribution in [0, 0.1) is 11.8 Å². The minimum absolute atomic E-state index is 0.182. The van der Waals surface area contributed by atoms with Crippen molar-refractivity contribution < 1.29 is 22.8 Å². The number of fused-ring (bicyclic) bond motifs is 1. The molecule has 0 bridgehead atoms. The summed E-state index contributed by atoms with van der Waals surface area (Å²) in [5.74, 6) is -1.85. The van der Waals surface area contributed by atoms with Gasteiger partial charge in [0.05, 0.1) is 16.7 Å². The molecule has 0 saturated carbocycles. The number of benzene rings is 1. The maximum Gasteiger partial charge on any atom is 0.247 e. The van der Waals surface area contributed by atoms with Gasteiger partial charge in [0.2, 0.25) is 27.7 Å². The van der Waals surface area contributed by atoms with Crippen molar-refractivity contribution in [2.75, 3.05) is 18.4 Å². The summed E-state index contributed by atoms with van der Waals surface area (Å²) in [5, 5.41) is 2.69. The second-order valence-corrected chi connectivity index (χ2v) is 10.3. The zero-order chi connectivity index (χ0) is 22.2. The Morgan fingerprint density at radius 2 is 1.52 bits per heavy atom. The van der Waals surface area contributed by atoms with E-state index in [4.69, 9.17) is 0 Å². The molecule has 0 spiro atoms. The van der Waals surface area contributed by atoms with Crippen molar-refractivity contribution in [2.24, 2.45) is 11.8 Å². The zero-order valence-corrected chi connectivity index (χ0v) is 18.3. The fraction of sp³-hybridized carbons (Fsp3) is 0.500. The van der Waals surface area contributed by atoms with E-state index >= 15 is 0 Å². The fourth-order valence-electron chi connectivity index (χ4n) is 4.54. The number of anilines is 1. The highest BCUT2D eigenvalue weighted by molar-refractivity contribution is 7.89. The molecular weight excluding hydrogens is 418 g/mol. The molecule has 2 heterocycles. The number of hydrogen-bond acceptors (Lipinski definition) is 5. The molecule has 8 nitrogen and oxygen atoms in total. The fourth-order valence-corrected chi connectivity index (χ4v) is 6.05. The second-order valence-electron chi connectivity index (χ2n) is 8.36. The normalized spacial score (nSPS) is 25.4. The Morgan fingerprint density at radius 1 is 0.968 bits per heavy atom. The van der Waals surface area contributed by atoms with Crippen molar-refractivity contribution in [1.82, 2.24) is 9.21 Å². The van der Waals surface area contributed by atoms with E-state index in [9.17, 15) is 22.8 Å². The molecule has 2 fully saturated rings. The van der Waals surface area contributed by atoms with Crippen LogP contribution in [-0.4, -0.2) is 54.5 Å². The Morgan fingerprint density at radius 3 is 2.06 bits per heavy atom. The van der Waals surface area contributed by atoms with Gasteiger partial charge in [-0.2, -0.15) is 4.31 Å². The monoisotopic (exact) mass is 445 g/mol. The third kappa shape index (κ3) is 4.04. The highest BCUT2D eigenvalue weighted by atomic mass is 32.2. The lowest BCUT2D eigenvalue weighted by molar-refractivity contribution is -0.146. The van der Waals surface area contributed by atoms with Crippen LogP contribution in [0.4, 0.5) is 5.69 Å². The lowest BCUT2D eigenvalue weighted by Gasteiger charge is -2.26. The molecule has 3 aliphatic rings. The number of imide groups is 1. The molecule has 1 aliphatic carbocycles. The molecule has 3 unspecified atom stereocenters. The minimum Gasteiger partial charge on any atom is -0.324 e. The number of piperidine rings is 1. The lowest BCUT2D eigenvalue weighted by atomic mass is 9.85. The first-order chi connectivity index (χ1) is 14.8. The first-order valence-corrected chi connectivity index (χ1v) is 12.2. The standard InChI is InChI=1S/C22H27N3O5S/c1-15(25-21(27)18-7-3-4-8-19(18)22(25)28)20(26)23-16-9-11-17(12-10-16)31(29,30)24-13-5-2-6-14-24/h3-4,9-12,15,18-19H,2,5-8,13-14H2,1H3,(H,23,26). The molecule has 166 valence electrons. The van der Waals surface area contributed by atoms with E-state index in [2.05, 4.69) is 5.32 Å². The number of rotatable bonds is 5. The topological polar surface area (TPSA) is 104 Å². The van der Waals surface area contributed by atoms with Crippen molar-refractivity contribution in [3.05, 3.63) is 36.4 Å². The molecule has 1 aromatic rings. The van der Waals surface area contributed by atoms with Gasteiger partial charge < -0.3 is 5.32 Å². The molecule has 1 aromatic carbocycles. The molecular formula is C22H27N3O5S. The SMILES string of the molecule is CC(C(=O)Nc1ccc(S(=O)(=O)N2CCCCC2)cc1)N1C(=O)C2CC=CCC2C1=O. The minimum atomic E-state index is -3.55. The van der Waals surface area contributed by atoms with Crippen LogP contribution in [0.25, 0.3) is 0 Å². The maximum atomic E-state index is 12.8. The Kier molecular flexibility index (Phi) is 5.98. The van der Waals surface area contributed by atoms with Crippen LogP contribution >= 0.6 is 0 Å². The predicted octanol–water partition coefficient (Wildman–Crippen LogP) is 2.14. The lowest BCUT2D eigenvalue weighted by Crippen LogP contribution is -2.46. The zero-order valence-electron chi connectivity index (χ0n) is 17.5. The van der Waals surface area contributed by atoms with E-state index in [1.165, 1.54) is 35.5 Å². The van der Waals surface area contributed by atoms with Crippen molar-refractivity contribution >= 4 is 33.4 Å². The quantitative estimate of drug-likeness (QED) is 0.552. The van der Waals surface area contributed by atoms with Crippen LogP contribution in [0.15, 0.2) is 41.3 Å². The third-order valence-corrected chi connectivity index (χ3v) is 8.30. The molecule has 3 atom stereocenters. The second kappa shape index (κ2) is 8.55. The number of sulfonamides is 1. The van der Waals surface area contributed by atoms with Crippen molar-refractivity contribution in [2.45, 2.75) is 50.0 Å². The molecule has 2 aliphatic heterocycles. The van der Waals surface area contributed by atoms with Crippen LogP contribution in [0.5, 0.6) is 0 Å². The molecule has 1 N–H and O–H groups in total. The maximum absolute atomic E-state index is 12.8. The van der Waals surface area contributed by atoms with Gasteiger partial charge in [-0.15, -0.1) is 0 Å². The summed E-state index contributed by atoms with van der Waals surface area (Å²) in [5.41, 5.74) is 0.410. The van der Waals surface area contributed by atoms with E-state index in [-0.39, 0.29) is 28.5 Å². The number of amides is 3. The van der Waals surface area contributed by atoms with Gasteiger partial charge >= 0.3 is 0 Å². The van der Waals surface area contributed by atoms with Crippen LogP contribution in [0.3, 0.4) is 0 Å². The van der Waals surface area contributed by atoms with Crippen molar-refractivity contribution in [3.8, 4) is 0 Å². The average molecular weight is 446 g/mol. The summed E-state index contributed by atoms with van der Waals surface area (Å²) in [7, 11) is -3.55. The first-order valence-electron chi connectivity index (χ1n) is 10.7. The predicted molar refractivity (Wildman–Crippen MR) is 114 cm³/mol. The van der Waals surface area contributed by atoms with E-state index < -0.39 is 22.0 Å². The Bertz CT molecular complexity index is 986. The largest absolute Gasteiger partial charge is 0.324 e. The number of allylic oxidation sites excluding steroid dienone is 2. The van der Waals surface area contributed by atoms with Crippen molar-refractivity contribution in [3.63, 3.8) is 0 Å². The number of likely N-dealkylation sites (tertiary alicyclic amines) is 1. The van der Waals surface area contributed by atoms with Gasteiger partial charge in [0.15, 0.2) is 0 Å². The van der Waals surface area contributed by atoms with E-state index in [0.717, 1.165) is 24.2 Å². The van der Waals surface area contributed by atoms with Crippen LogP contribution in [-0.2, 0) is 24.4 Å². The van der Waals surface area contributed by atoms with Gasteiger partial charge in [-0.25, -0.2) is 8.42 Å². The van der Waals surface area contributed by atoms with Gasteiger partial charge in [-0.3, -0.25) is 19.3 Å². The van der Waals surface area contributed by atoms with Gasteiger partial charge in [-0.05, 0) is 56.9 Å². The van der Waals surface area contributed by atoms with Gasteiger partial charge in [0.1, 0.15) is 6.04 Å². The Balaban J connectivity index is 1.43. The van der Waals surface area contributed by atoms with Gasteiger partial charge in [0.25, 0.3) is 0 Å². The molecule has 3 amide bonds. The summed E-state index contributed by atoms with van der Waals surface area (Å²) in [6.45, 7) is 2.58. The number of carbonyl (C=O) groups excluding carboxylic acids is 3. The summed E-state index contributed by atoms with van der Waals surface area (Å²) in [6.07, 6.45) is 7.60. The average Bonchev–Trinajstić information content (AvgIpc) is 3.04. The molecule has 4 rings (SSSR count). The highest BCUT2D eigenvalue weighted by Gasteiger charge is 2.50. The summed E-state index contributed by atoms with van der Waals surface area (Å²) in [4.78, 5) is 39.3. The van der Waals surface area contributed by atoms with Crippen LogP contribution in [0.2, 0.25) is 0 Å². The number of carbonyl (C=O) groups is 3. The van der Waals surface area contributed by atoms with Gasteiger partial charge in [-0.1, -0.05) is 18.6 Å². The molecule has 0 radical (unpaired) electrons. The van der Waals surface area contributed by atoms with E-state index in [1.54, 1.807) is 0 Å². The molecule has 0 aromatic heterocycles. The van der Waals surface area contributed by atoms with E-state index in [1.807, 2.05) is 12.2 Å². The summed E-state index contributed by atoms with van der Waals surface area (Å²) < 4.78 is 27.0. The summed E-state index contributed by atoms with van der Waals surface area (Å²) in [6, 6.07) is 5.05. The summed E-state index contributed by atoms with van der Waals surface area (Å²) >= 11 is 0. The van der Waals surface area contributed by atoms with Crippen molar-refractivity contribution in [1.29, 1.82) is 0 Å². The Labute approximate surface area is 182 Å².